The summed E-state index contributed by atoms with van der Waals surface area (Å²) in [5.74, 6) is -0.206. The molecule has 0 saturated carbocycles. The molecular formula is C10H10BrNO3. The number of benzene rings is 1. The van der Waals surface area contributed by atoms with Gasteiger partial charge in [0.15, 0.2) is 5.78 Å². The molecule has 1 rings (SSSR count). The third-order valence-electron chi connectivity index (χ3n) is 2.03. The summed E-state index contributed by atoms with van der Waals surface area (Å²) in [6.45, 7) is 1.68. The molecule has 0 bridgehead atoms. The molecule has 15 heavy (non-hydrogen) atoms. The number of nitro groups is 1. The highest BCUT2D eigenvalue weighted by Crippen LogP contribution is 2.22. The molecule has 0 heterocycles. The lowest BCUT2D eigenvalue weighted by Gasteiger charge is -2.02. The number of nitrogens with zero attached hydrogens (tertiary/aromatic N) is 1. The third-order valence-corrected chi connectivity index (χ3v) is 2.68. The fraction of sp³-hybridized carbons (Fsp3) is 0.300. The van der Waals surface area contributed by atoms with E-state index < -0.39 is 4.92 Å². The van der Waals surface area contributed by atoms with Gasteiger partial charge in [-0.1, -0.05) is 28.9 Å². The highest BCUT2D eigenvalue weighted by Gasteiger charge is 2.18. The number of nitro benzene ring substituents is 1. The van der Waals surface area contributed by atoms with Gasteiger partial charge in [0.05, 0.1) is 10.5 Å². The molecule has 0 amide bonds. The molecule has 0 atom stereocenters. The Morgan fingerprint density at radius 2 is 2.20 bits per heavy atom. The van der Waals surface area contributed by atoms with Crippen LogP contribution in [0.5, 0.6) is 0 Å². The lowest BCUT2D eigenvalue weighted by atomic mass is 10.0. The van der Waals surface area contributed by atoms with Crippen molar-refractivity contribution in [3.63, 3.8) is 0 Å². The zero-order valence-electron chi connectivity index (χ0n) is 8.20. The van der Waals surface area contributed by atoms with Gasteiger partial charge < -0.3 is 0 Å². The van der Waals surface area contributed by atoms with E-state index >= 15 is 0 Å². The zero-order chi connectivity index (χ0) is 11.4. The summed E-state index contributed by atoms with van der Waals surface area (Å²) in [5.41, 5.74) is 0.861. The minimum atomic E-state index is -0.519. The lowest BCUT2D eigenvalue weighted by molar-refractivity contribution is -0.385. The molecule has 0 aliphatic carbocycles. The molecule has 1 aromatic carbocycles. The van der Waals surface area contributed by atoms with Gasteiger partial charge >= 0.3 is 0 Å². The standard InChI is InChI=1S/C10H10BrNO3/c1-2-10(13)8-4-3-7(6-11)5-9(8)12(14)15/h3-5H,2,6H2,1H3. The fourth-order valence-corrected chi connectivity index (χ4v) is 1.59. The van der Waals surface area contributed by atoms with E-state index in [1.165, 1.54) is 12.1 Å². The summed E-state index contributed by atoms with van der Waals surface area (Å²) in [6, 6.07) is 4.66. The second-order valence-corrected chi connectivity index (χ2v) is 3.58. The van der Waals surface area contributed by atoms with Gasteiger partial charge in [-0.05, 0) is 11.6 Å². The van der Waals surface area contributed by atoms with Crippen LogP contribution >= 0.6 is 15.9 Å². The van der Waals surface area contributed by atoms with Gasteiger partial charge in [-0.15, -0.1) is 0 Å². The first-order valence-electron chi connectivity index (χ1n) is 4.46. The zero-order valence-corrected chi connectivity index (χ0v) is 9.78. The first-order chi connectivity index (χ1) is 7.10. The van der Waals surface area contributed by atoms with Gasteiger partial charge in [0.1, 0.15) is 0 Å². The number of carbonyl (C=O) groups is 1. The van der Waals surface area contributed by atoms with Gasteiger partial charge in [0.2, 0.25) is 0 Å². The number of rotatable bonds is 4. The normalized spacial score (nSPS) is 10.0. The van der Waals surface area contributed by atoms with Gasteiger partial charge in [0, 0.05) is 17.8 Å². The Labute approximate surface area is 95.6 Å². The minimum Gasteiger partial charge on any atom is -0.294 e. The van der Waals surface area contributed by atoms with Crippen molar-refractivity contribution in [2.75, 3.05) is 0 Å². The van der Waals surface area contributed by atoms with Crippen molar-refractivity contribution in [3.05, 3.63) is 39.4 Å². The Bertz CT molecular complexity index is 404. The lowest BCUT2D eigenvalue weighted by Crippen LogP contribution is -2.03. The van der Waals surface area contributed by atoms with Crippen LogP contribution in [-0.2, 0) is 5.33 Å². The topological polar surface area (TPSA) is 60.2 Å². The van der Waals surface area contributed by atoms with E-state index in [1.54, 1.807) is 13.0 Å². The third kappa shape index (κ3) is 2.62. The van der Waals surface area contributed by atoms with Crippen LogP contribution in [0.15, 0.2) is 18.2 Å². The summed E-state index contributed by atoms with van der Waals surface area (Å²) in [4.78, 5) is 21.7. The van der Waals surface area contributed by atoms with Crippen molar-refractivity contribution in [2.45, 2.75) is 18.7 Å². The number of halogens is 1. The molecule has 0 aliphatic rings. The van der Waals surface area contributed by atoms with E-state index in [2.05, 4.69) is 15.9 Å². The Kier molecular flexibility index (Phi) is 3.96. The molecule has 0 radical (unpaired) electrons. The summed E-state index contributed by atoms with van der Waals surface area (Å²) in [7, 11) is 0. The summed E-state index contributed by atoms with van der Waals surface area (Å²) in [5, 5.41) is 11.3. The van der Waals surface area contributed by atoms with Crippen LogP contribution in [0.1, 0.15) is 29.3 Å². The van der Waals surface area contributed by atoms with E-state index in [4.69, 9.17) is 0 Å². The number of Topliss-reactive ketones (excluding diaryl/α,β-unsaturated/α-hetero) is 1. The molecule has 0 spiro atoms. The SMILES string of the molecule is CCC(=O)c1ccc(CBr)cc1[N+](=O)[O-]. The smallest absolute Gasteiger partial charge is 0.280 e. The van der Waals surface area contributed by atoms with Crippen molar-refractivity contribution in [1.29, 1.82) is 0 Å². The van der Waals surface area contributed by atoms with Crippen molar-refractivity contribution >= 4 is 27.4 Å². The molecule has 0 aliphatic heterocycles. The highest BCUT2D eigenvalue weighted by atomic mass is 79.9. The van der Waals surface area contributed by atoms with Crippen LogP contribution in [-0.4, -0.2) is 10.7 Å². The van der Waals surface area contributed by atoms with E-state index in [-0.39, 0.29) is 23.5 Å². The predicted molar refractivity (Wildman–Crippen MR) is 60.3 cm³/mol. The quantitative estimate of drug-likeness (QED) is 0.366. The largest absolute Gasteiger partial charge is 0.294 e. The van der Waals surface area contributed by atoms with Crippen LogP contribution in [0, 0.1) is 10.1 Å². The molecule has 0 aromatic heterocycles. The molecular weight excluding hydrogens is 262 g/mol. The van der Waals surface area contributed by atoms with Crippen molar-refractivity contribution in [3.8, 4) is 0 Å². The Morgan fingerprint density at radius 1 is 1.53 bits per heavy atom. The van der Waals surface area contributed by atoms with Crippen molar-refractivity contribution < 1.29 is 9.72 Å². The maximum atomic E-state index is 11.4. The van der Waals surface area contributed by atoms with Crippen LogP contribution in [0.2, 0.25) is 0 Å². The van der Waals surface area contributed by atoms with E-state index in [0.29, 0.717) is 5.33 Å². The molecule has 0 fully saturated rings. The molecule has 0 N–H and O–H groups in total. The van der Waals surface area contributed by atoms with Crippen LogP contribution in [0.25, 0.3) is 0 Å². The summed E-state index contributed by atoms with van der Waals surface area (Å²) in [6.07, 6.45) is 0.272. The van der Waals surface area contributed by atoms with Gasteiger partial charge in [-0.2, -0.15) is 0 Å². The number of hydrogen-bond acceptors (Lipinski definition) is 3. The molecule has 0 saturated heterocycles. The second kappa shape index (κ2) is 5.02. The van der Waals surface area contributed by atoms with E-state index in [9.17, 15) is 14.9 Å². The van der Waals surface area contributed by atoms with E-state index in [0.717, 1.165) is 5.56 Å². The number of alkyl halides is 1. The van der Waals surface area contributed by atoms with Gasteiger partial charge in [-0.3, -0.25) is 14.9 Å². The maximum Gasteiger partial charge on any atom is 0.280 e. The molecule has 5 heteroatoms. The Hall–Kier alpha value is -1.23. The number of ketones is 1. The first kappa shape index (κ1) is 11.8. The minimum absolute atomic E-state index is 0.112. The van der Waals surface area contributed by atoms with Gasteiger partial charge in [-0.25, -0.2) is 0 Å². The maximum absolute atomic E-state index is 11.4. The van der Waals surface area contributed by atoms with Crippen molar-refractivity contribution in [1.82, 2.24) is 0 Å². The van der Waals surface area contributed by atoms with Crippen molar-refractivity contribution in [2.24, 2.45) is 0 Å². The molecule has 1 aromatic rings. The average Bonchev–Trinajstić information content (AvgIpc) is 2.27. The molecule has 0 unspecified atom stereocenters. The van der Waals surface area contributed by atoms with Crippen LogP contribution in [0.3, 0.4) is 0 Å². The Balaban J connectivity index is 3.27. The monoisotopic (exact) mass is 271 g/mol. The van der Waals surface area contributed by atoms with Crippen LogP contribution < -0.4 is 0 Å². The highest BCUT2D eigenvalue weighted by molar-refractivity contribution is 9.08. The first-order valence-corrected chi connectivity index (χ1v) is 5.58. The molecule has 4 nitrogen and oxygen atoms in total. The van der Waals surface area contributed by atoms with Crippen LogP contribution in [0.4, 0.5) is 5.69 Å². The predicted octanol–water partition coefficient (Wildman–Crippen LogP) is 3.08. The summed E-state index contributed by atoms with van der Waals surface area (Å²) < 4.78 is 0. The number of carbonyl (C=O) groups excluding carboxylic acids is 1. The van der Waals surface area contributed by atoms with E-state index in [1.807, 2.05) is 0 Å². The second-order valence-electron chi connectivity index (χ2n) is 3.02. The Morgan fingerprint density at radius 3 is 2.67 bits per heavy atom. The average molecular weight is 272 g/mol. The number of hydrogen-bond donors (Lipinski definition) is 0. The molecule has 80 valence electrons. The summed E-state index contributed by atoms with van der Waals surface area (Å²) >= 11 is 3.21. The van der Waals surface area contributed by atoms with Gasteiger partial charge in [0.25, 0.3) is 5.69 Å². The fourth-order valence-electron chi connectivity index (χ4n) is 1.24.